The predicted octanol–water partition coefficient (Wildman–Crippen LogP) is 4.01. The Labute approximate surface area is 135 Å². The molecule has 0 saturated carbocycles. The topological polar surface area (TPSA) is 74.6 Å². The summed E-state index contributed by atoms with van der Waals surface area (Å²) >= 11 is 0. The van der Waals surface area contributed by atoms with Crippen molar-refractivity contribution in [2.75, 3.05) is 0 Å². The van der Waals surface area contributed by atoms with Crippen LogP contribution in [0.1, 0.15) is 59.0 Å². The fourth-order valence-corrected chi connectivity index (χ4v) is 2.43. The normalized spacial score (nSPS) is 11.3. The lowest BCUT2D eigenvalue weighted by atomic mass is 9.80. The summed E-state index contributed by atoms with van der Waals surface area (Å²) in [6.45, 7) is 5.98. The summed E-state index contributed by atoms with van der Waals surface area (Å²) in [4.78, 5) is 24.0. The molecule has 0 aromatic heterocycles. The molecule has 0 aliphatic rings. The van der Waals surface area contributed by atoms with Crippen molar-refractivity contribution in [2.24, 2.45) is 0 Å². The summed E-state index contributed by atoms with van der Waals surface area (Å²) in [5.74, 6) is -1.36. The summed E-state index contributed by atoms with van der Waals surface area (Å²) in [6, 6.07) is 10.8. The van der Waals surface area contributed by atoms with Crippen LogP contribution in [0, 0.1) is 0 Å². The molecule has 0 unspecified atom stereocenters. The summed E-state index contributed by atoms with van der Waals surface area (Å²) in [6.07, 6.45) is 0.796. The predicted molar refractivity (Wildman–Crippen MR) is 88.3 cm³/mol. The fraction of sp³-hybridized carbons (Fsp3) is 0.263. The minimum atomic E-state index is -1.14. The van der Waals surface area contributed by atoms with Gasteiger partial charge in [0.25, 0.3) is 0 Å². The van der Waals surface area contributed by atoms with Crippen molar-refractivity contribution >= 4 is 11.8 Å². The smallest absolute Gasteiger partial charge is 0.336 e. The molecule has 23 heavy (non-hydrogen) atoms. The van der Waals surface area contributed by atoms with Gasteiger partial charge in [-0.15, -0.1) is 0 Å². The van der Waals surface area contributed by atoms with Crippen molar-refractivity contribution in [3.8, 4) is 5.75 Å². The van der Waals surface area contributed by atoms with Gasteiger partial charge in [-0.3, -0.25) is 4.79 Å². The largest absolute Gasteiger partial charge is 0.508 e. The van der Waals surface area contributed by atoms with Crippen LogP contribution in [0.3, 0.4) is 0 Å². The summed E-state index contributed by atoms with van der Waals surface area (Å²) in [7, 11) is 0. The summed E-state index contributed by atoms with van der Waals surface area (Å²) in [5, 5.41) is 19.3. The van der Waals surface area contributed by atoms with Crippen LogP contribution in [0.4, 0.5) is 0 Å². The first kappa shape index (κ1) is 16.7. The van der Waals surface area contributed by atoms with Crippen molar-refractivity contribution in [3.63, 3.8) is 0 Å². The second kappa shape index (κ2) is 6.24. The Morgan fingerprint density at radius 1 is 1.04 bits per heavy atom. The SMILES string of the molecule is CCC(C)(C)c1cc(C(=O)c2ccccc2C(=O)O)ccc1O. The van der Waals surface area contributed by atoms with E-state index in [-0.39, 0.29) is 28.1 Å². The Balaban J connectivity index is 2.54. The molecule has 2 aromatic carbocycles. The number of carbonyl (C=O) groups excluding carboxylic acids is 1. The number of aromatic carboxylic acids is 1. The van der Waals surface area contributed by atoms with E-state index < -0.39 is 5.97 Å². The molecule has 0 heterocycles. The van der Waals surface area contributed by atoms with E-state index in [4.69, 9.17) is 0 Å². The first-order chi connectivity index (χ1) is 10.8. The number of rotatable bonds is 5. The highest BCUT2D eigenvalue weighted by atomic mass is 16.4. The van der Waals surface area contributed by atoms with Gasteiger partial charge in [-0.25, -0.2) is 4.79 Å². The molecule has 0 fully saturated rings. The van der Waals surface area contributed by atoms with E-state index in [1.807, 2.05) is 20.8 Å². The number of phenols is 1. The second-order valence-corrected chi connectivity index (χ2v) is 6.15. The van der Waals surface area contributed by atoms with Crippen LogP contribution >= 0.6 is 0 Å². The van der Waals surface area contributed by atoms with E-state index >= 15 is 0 Å². The molecule has 0 spiro atoms. The Morgan fingerprint density at radius 2 is 1.65 bits per heavy atom. The quantitative estimate of drug-likeness (QED) is 0.818. The first-order valence-corrected chi connectivity index (χ1v) is 7.48. The third-order valence-corrected chi connectivity index (χ3v) is 4.27. The highest BCUT2D eigenvalue weighted by molar-refractivity contribution is 6.14. The van der Waals surface area contributed by atoms with Gasteiger partial charge in [-0.05, 0) is 36.1 Å². The molecule has 4 nitrogen and oxygen atoms in total. The monoisotopic (exact) mass is 312 g/mol. The number of carbonyl (C=O) groups is 2. The Bertz CT molecular complexity index is 760. The van der Waals surface area contributed by atoms with Crippen molar-refractivity contribution in [2.45, 2.75) is 32.6 Å². The highest BCUT2D eigenvalue weighted by Crippen LogP contribution is 2.34. The molecule has 0 atom stereocenters. The van der Waals surface area contributed by atoms with Gasteiger partial charge in [0, 0.05) is 16.7 Å². The second-order valence-electron chi connectivity index (χ2n) is 6.15. The maximum Gasteiger partial charge on any atom is 0.336 e. The van der Waals surface area contributed by atoms with Gasteiger partial charge in [0.2, 0.25) is 0 Å². The Kier molecular flexibility index (Phi) is 4.55. The molecule has 0 aliphatic carbocycles. The van der Waals surface area contributed by atoms with Crippen molar-refractivity contribution in [1.29, 1.82) is 0 Å². The third-order valence-electron chi connectivity index (χ3n) is 4.27. The zero-order chi connectivity index (χ0) is 17.2. The number of hydrogen-bond donors (Lipinski definition) is 2. The maximum atomic E-state index is 12.7. The number of aromatic hydroxyl groups is 1. The lowest BCUT2D eigenvalue weighted by molar-refractivity contribution is 0.0692. The number of carboxylic acid groups (broad SMARTS) is 1. The van der Waals surface area contributed by atoms with Crippen LogP contribution in [-0.2, 0) is 5.41 Å². The van der Waals surface area contributed by atoms with E-state index in [0.29, 0.717) is 11.1 Å². The highest BCUT2D eigenvalue weighted by Gasteiger charge is 2.24. The van der Waals surface area contributed by atoms with Gasteiger partial charge >= 0.3 is 5.97 Å². The van der Waals surface area contributed by atoms with Crippen LogP contribution in [0.25, 0.3) is 0 Å². The van der Waals surface area contributed by atoms with E-state index in [0.717, 1.165) is 6.42 Å². The molecule has 0 saturated heterocycles. The minimum Gasteiger partial charge on any atom is -0.508 e. The fourth-order valence-electron chi connectivity index (χ4n) is 2.43. The molecular weight excluding hydrogens is 292 g/mol. The van der Waals surface area contributed by atoms with Gasteiger partial charge in [-0.1, -0.05) is 39.0 Å². The van der Waals surface area contributed by atoms with E-state index in [1.165, 1.54) is 24.3 Å². The van der Waals surface area contributed by atoms with E-state index in [2.05, 4.69) is 0 Å². The van der Waals surface area contributed by atoms with Crippen molar-refractivity contribution in [1.82, 2.24) is 0 Å². The minimum absolute atomic E-state index is 0.0260. The number of phenolic OH excluding ortho intramolecular Hbond substituents is 1. The van der Waals surface area contributed by atoms with Crippen molar-refractivity contribution < 1.29 is 19.8 Å². The van der Waals surface area contributed by atoms with Gasteiger partial charge in [0.05, 0.1) is 5.56 Å². The molecule has 0 radical (unpaired) electrons. The molecule has 4 heteroatoms. The molecule has 2 rings (SSSR count). The number of carboxylic acids is 1. The summed E-state index contributed by atoms with van der Waals surface area (Å²) in [5.41, 5.74) is 0.881. The summed E-state index contributed by atoms with van der Waals surface area (Å²) < 4.78 is 0. The lowest BCUT2D eigenvalue weighted by Crippen LogP contribution is -2.17. The molecular formula is C19H20O4. The standard InChI is InChI=1S/C19H20O4/c1-4-19(2,3)15-11-12(9-10-16(15)20)17(21)13-7-5-6-8-14(13)18(22)23/h5-11,20H,4H2,1-3H3,(H,22,23). The zero-order valence-electron chi connectivity index (χ0n) is 13.5. The van der Waals surface area contributed by atoms with Crippen LogP contribution in [0.5, 0.6) is 5.75 Å². The van der Waals surface area contributed by atoms with Crippen LogP contribution in [-0.4, -0.2) is 22.0 Å². The van der Waals surface area contributed by atoms with Crippen LogP contribution in [0.2, 0.25) is 0 Å². The molecule has 0 bridgehead atoms. The van der Waals surface area contributed by atoms with E-state index in [1.54, 1.807) is 18.2 Å². The zero-order valence-corrected chi connectivity index (χ0v) is 13.5. The first-order valence-electron chi connectivity index (χ1n) is 7.48. The van der Waals surface area contributed by atoms with Gasteiger partial charge in [-0.2, -0.15) is 0 Å². The molecule has 0 aliphatic heterocycles. The molecule has 2 aromatic rings. The average molecular weight is 312 g/mol. The number of hydrogen-bond acceptors (Lipinski definition) is 3. The van der Waals surface area contributed by atoms with Gasteiger partial charge < -0.3 is 10.2 Å². The van der Waals surface area contributed by atoms with E-state index in [9.17, 15) is 19.8 Å². The molecule has 2 N–H and O–H groups in total. The molecule has 120 valence electrons. The number of ketones is 1. The maximum absolute atomic E-state index is 12.7. The van der Waals surface area contributed by atoms with Gasteiger partial charge in [0.15, 0.2) is 5.78 Å². The lowest BCUT2D eigenvalue weighted by Gasteiger charge is -2.24. The van der Waals surface area contributed by atoms with Crippen LogP contribution < -0.4 is 0 Å². The average Bonchev–Trinajstić information content (AvgIpc) is 2.54. The van der Waals surface area contributed by atoms with Crippen molar-refractivity contribution in [3.05, 3.63) is 64.7 Å². The van der Waals surface area contributed by atoms with Crippen LogP contribution in [0.15, 0.2) is 42.5 Å². The third kappa shape index (κ3) is 3.26. The Morgan fingerprint density at radius 3 is 2.22 bits per heavy atom. The van der Waals surface area contributed by atoms with Gasteiger partial charge in [0.1, 0.15) is 5.75 Å². The number of benzene rings is 2. The molecule has 0 amide bonds. The Hall–Kier alpha value is -2.62.